The summed E-state index contributed by atoms with van der Waals surface area (Å²) in [6.45, 7) is 4.29. The van der Waals surface area contributed by atoms with E-state index in [1.54, 1.807) is 12.1 Å². The molecule has 0 saturated carbocycles. The molecule has 0 aromatic heterocycles. The summed E-state index contributed by atoms with van der Waals surface area (Å²) in [5.74, 6) is -0.403. The number of aliphatic imine (C=N–C) groups is 1. The van der Waals surface area contributed by atoms with Crippen LogP contribution in [0.4, 0.5) is 0 Å². The monoisotopic (exact) mass is 647 g/mol. The van der Waals surface area contributed by atoms with E-state index >= 15 is 0 Å². The average molecular weight is 650 g/mol. The van der Waals surface area contributed by atoms with Gasteiger partial charge in [0.25, 0.3) is 0 Å². The van der Waals surface area contributed by atoms with Gasteiger partial charge in [-0.25, -0.2) is 9.79 Å². The van der Waals surface area contributed by atoms with Crippen molar-refractivity contribution in [1.29, 1.82) is 0 Å². The van der Waals surface area contributed by atoms with Crippen molar-refractivity contribution in [3.05, 3.63) is 81.0 Å². The second-order valence-corrected chi connectivity index (χ2v) is 11.0. The molecule has 0 amide bonds. The van der Waals surface area contributed by atoms with Crippen LogP contribution in [0.15, 0.2) is 64.8 Å². The van der Waals surface area contributed by atoms with Gasteiger partial charge < -0.3 is 19.7 Å². The summed E-state index contributed by atoms with van der Waals surface area (Å²) < 4.78 is 11.9. The summed E-state index contributed by atoms with van der Waals surface area (Å²) in [4.78, 5) is 20.8. The molecule has 1 unspecified atom stereocenters. The minimum absolute atomic E-state index is 0. The molecule has 2 aromatic carbocycles. The molecule has 6 nitrogen and oxygen atoms in total. The zero-order valence-electron chi connectivity index (χ0n) is 22.6. The summed E-state index contributed by atoms with van der Waals surface area (Å²) in [6, 6.07) is 14.9. The van der Waals surface area contributed by atoms with Crippen LogP contribution < -0.4 is 5.32 Å². The summed E-state index contributed by atoms with van der Waals surface area (Å²) >= 11 is 14.0. The van der Waals surface area contributed by atoms with Crippen molar-refractivity contribution in [2.24, 2.45) is 4.99 Å². The van der Waals surface area contributed by atoms with E-state index in [1.807, 2.05) is 30.5 Å². The first-order valence-electron chi connectivity index (χ1n) is 13.1. The van der Waals surface area contributed by atoms with Gasteiger partial charge in [-0.2, -0.15) is 0 Å². The lowest BCUT2D eigenvalue weighted by atomic mass is 9.96. The van der Waals surface area contributed by atoms with Crippen LogP contribution in [0.3, 0.4) is 0 Å². The number of benzene rings is 2. The second kappa shape index (κ2) is 18.2. The molecular weight excluding hydrogens is 612 g/mol. The molecule has 1 atom stereocenters. The van der Waals surface area contributed by atoms with E-state index in [1.165, 1.54) is 36.6 Å². The topological polar surface area (TPSA) is 63.2 Å². The van der Waals surface area contributed by atoms with Crippen LogP contribution in [0.5, 0.6) is 0 Å². The Morgan fingerprint density at radius 3 is 2.50 bits per heavy atom. The fraction of sp³-hybridized carbons (Fsp3) is 0.448. The van der Waals surface area contributed by atoms with Gasteiger partial charge in [0.1, 0.15) is 6.04 Å². The van der Waals surface area contributed by atoms with Crippen molar-refractivity contribution in [3.8, 4) is 0 Å². The Morgan fingerprint density at radius 1 is 1.05 bits per heavy atom. The Morgan fingerprint density at radius 2 is 1.80 bits per heavy atom. The SMILES string of the molecule is CSC1=NC(c2ccc(Cl)c(Cl)c2)C(C(=O)OCCCc2ccccc2)=C(COCCN2CCCCC2)N1.Cl.Cl. The molecule has 4 rings (SSSR count). The number of thioether (sulfide) groups is 1. The molecule has 1 saturated heterocycles. The Bertz CT molecular complexity index is 1140. The number of likely N-dealkylation sites (tertiary alicyclic amines) is 1. The number of nitrogens with zero attached hydrogens (tertiary/aromatic N) is 2. The highest BCUT2D eigenvalue weighted by atomic mass is 35.5. The summed E-state index contributed by atoms with van der Waals surface area (Å²) in [5, 5.41) is 4.88. The van der Waals surface area contributed by atoms with Crippen LogP contribution in [0.1, 0.15) is 42.9 Å². The van der Waals surface area contributed by atoms with Gasteiger partial charge in [0.15, 0.2) is 5.17 Å². The van der Waals surface area contributed by atoms with Crippen LogP contribution in [-0.2, 0) is 20.7 Å². The van der Waals surface area contributed by atoms with E-state index in [9.17, 15) is 4.79 Å². The normalized spacial score (nSPS) is 17.3. The maximum atomic E-state index is 13.5. The Hall–Kier alpha value is -1.45. The number of hydrogen-bond donors (Lipinski definition) is 1. The molecular formula is C29H37Cl4N3O3S. The number of piperidine rings is 1. The number of ether oxygens (including phenoxy) is 2. The molecule has 2 aromatic rings. The van der Waals surface area contributed by atoms with E-state index in [-0.39, 0.29) is 31.4 Å². The number of amidine groups is 1. The van der Waals surface area contributed by atoms with E-state index in [0.29, 0.717) is 39.7 Å². The van der Waals surface area contributed by atoms with E-state index in [2.05, 4.69) is 22.3 Å². The van der Waals surface area contributed by atoms with Crippen LogP contribution in [0, 0.1) is 0 Å². The minimum atomic E-state index is -0.573. The summed E-state index contributed by atoms with van der Waals surface area (Å²) in [7, 11) is 0. The lowest BCUT2D eigenvalue weighted by Crippen LogP contribution is -2.35. The van der Waals surface area contributed by atoms with Crippen LogP contribution in [-0.4, -0.2) is 61.7 Å². The van der Waals surface area contributed by atoms with E-state index < -0.39 is 12.0 Å². The van der Waals surface area contributed by atoms with Crippen molar-refractivity contribution in [2.45, 2.75) is 38.1 Å². The van der Waals surface area contributed by atoms with Crippen molar-refractivity contribution in [3.63, 3.8) is 0 Å². The molecule has 0 radical (unpaired) electrons. The Balaban J connectivity index is 0.00000280. The molecule has 11 heteroatoms. The van der Waals surface area contributed by atoms with Crippen LogP contribution >= 0.6 is 59.8 Å². The molecule has 1 N–H and O–H groups in total. The maximum Gasteiger partial charge on any atom is 0.338 e. The van der Waals surface area contributed by atoms with E-state index in [0.717, 1.165) is 38.0 Å². The predicted octanol–water partition coefficient (Wildman–Crippen LogP) is 7.13. The fourth-order valence-electron chi connectivity index (χ4n) is 4.67. The van der Waals surface area contributed by atoms with Crippen molar-refractivity contribution < 1.29 is 14.3 Å². The largest absolute Gasteiger partial charge is 0.462 e. The highest BCUT2D eigenvalue weighted by Crippen LogP contribution is 2.35. The van der Waals surface area contributed by atoms with Gasteiger partial charge in [-0.3, -0.25) is 0 Å². The molecule has 220 valence electrons. The van der Waals surface area contributed by atoms with Crippen molar-refractivity contribution in [2.75, 3.05) is 45.7 Å². The Kier molecular flexibility index (Phi) is 15.8. The van der Waals surface area contributed by atoms with Gasteiger partial charge in [-0.1, -0.05) is 77.8 Å². The number of esters is 1. The zero-order chi connectivity index (χ0) is 26.7. The molecule has 0 bridgehead atoms. The van der Waals surface area contributed by atoms with Crippen molar-refractivity contribution >= 4 is 70.9 Å². The lowest BCUT2D eigenvalue weighted by Gasteiger charge is -2.28. The number of carbonyl (C=O) groups is 1. The van der Waals surface area contributed by atoms with Gasteiger partial charge >= 0.3 is 5.97 Å². The molecule has 2 aliphatic heterocycles. The number of rotatable bonds is 11. The highest BCUT2D eigenvalue weighted by Gasteiger charge is 2.32. The third kappa shape index (κ3) is 10.1. The van der Waals surface area contributed by atoms with Gasteiger partial charge in [0, 0.05) is 6.54 Å². The van der Waals surface area contributed by atoms with Gasteiger partial charge in [-0.15, -0.1) is 24.8 Å². The fourth-order valence-corrected chi connectivity index (χ4v) is 5.41. The van der Waals surface area contributed by atoms with Gasteiger partial charge in [0.05, 0.1) is 41.1 Å². The quantitative estimate of drug-likeness (QED) is 0.207. The van der Waals surface area contributed by atoms with Crippen LogP contribution in [0.2, 0.25) is 10.0 Å². The molecule has 2 aliphatic rings. The molecule has 0 aliphatic carbocycles. The Labute approximate surface area is 264 Å². The number of hydrogen-bond acceptors (Lipinski definition) is 7. The second-order valence-electron chi connectivity index (χ2n) is 9.41. The molecule has 0 spiro atoms. The number of carbonyl (C=O) groups excluding carboxylic acids is 1. The summed E-state index contributed by atoms with van der Waals surface area (Å²) in [5.41, 5.74) is 3.10. The third-order valence-corrected chi connectivity index (χ3v) is 8.04. The van der Waals surface area contributed by atoms with E-state index in [4.69, 9.17) is 37.7 Å². The maximum absolute atomic E-state index is 13.5. The third-order valence-electron chi connectivity index (χ3n) is 6.71. The zero-order valence-corrected chi connectivity index (χ0v) is 26.5. The molecule has 40 heavy (non-hydrogen) atoms. The number of nitrogens with one attached hydrogen (secondary N) is 1. The van der Waals surface area contributed by atoms with Gasteiger partial charge in [-0.05, 0) is 68.3 Å². The first kappa shape index (κ1) is 34.7. The van der Waals surface area contributed by atoms with Crippen LogP contribution in [0.25, 0.3) is 0 Å². The first-order valence-corrected chi connectivity index (χ1v) is 15.1. The smallest absolute Gasteiger partial charge is 0.338 e. The number of aryl methyl sites for hydroxylation is 1. The summed E-state index contributed by atoms with van der Waals surface area (Å²) in [6.07, 6.45) is 7.30. The standard InChI is InChI=1S/C29H35Cl2N3O3S.2ClH/c1-38-29-32-25(20-36-18-16-34-14-6-3-7-15-34)26(27(33-29)22-12-13-23(30)24(31)19-22)28(35)37-17-8-11-21-9-4-2-5-10-21;;/h2,4-5,9-10,12-13,19,27H,3,6-8,11,14-18,20H2,1H3,(H,32,33);2*1H. The predicted molar refractivity (Wildman–Crippen MR) is 172 cm³/mol. The first-order chi connectivity index (χ1) is 18.5. The average Bonchev–Trinajstić information content (AvgIpc) is 2.95. The number of halogens is 4. The highest BCUT2D eigenvalue weighted by molar-refractivity contribution is 8.13. The molecule has 2 heterocycles. The lowest BCUT2D eigenvalue weighted by molar-refractivity contribution is -0.139. The minimum Gasteiger partial charge on any atom is -0.462 e. The van der Waals surface area contributed by atoms with Crippen molar-refractivity contribution in [1.82, 2.24) is 10.2 Å². The van der Waals surface area contributed by atoms with Gasteiger partial charge in [0.2, 0.25) is 0 Å². The molecule has 1 fully saturated rings.